The summed E-state index contributed by atoms with van der Waals surface area (Å²) in [6, 6.07) is -0.893. The Morgan fingerprint density at radius 2 is 0.803 bits per heavy atom. The zero-order valence-corrected chi connectivity index (χ0v) is 50.6. The van der Waals surface area contributed by atoms with E-state index in [1.807, 2.05) is 27.2 Å². The van der Waals surface area contributed by atoms with Crippen LogP contribution in [0.5, 0.6) is 0 Å². The first-order chi connectivity index (χ1) is 37.0. The fraction of sp³-hybridized carbons (Fsp3) is 0.687. The summed E-state index contributed by atoms with van der Waals surface area (Å²) in [5, 5.41) is 13.9. The highest BCUT2D eigenvalue weighted by Gasteiger charge is 2.23. The van der Waals surface area contributed by atoms with E-state index in [0.29, 0.717) is 17.4 Å². The van der Waals surface area contributed by atoms with Gasteiger partial charge in [-0.25, -0.2) is 0 Å². The number of allylic oxidation sites excluding steroid dienone is 19. The van der Waals surface area contributed by atoms with Crippen molar-refractivity contribution in [1.82, 2.24) is 5.32 Å². The summed E-state index contributed by atoms with van der Waals surface area (Å²) in [6.45, 7) is 4.52. The van der Waals surface area contributed by atoms with Crippen molar-refractivity contribution < 1.29 is 32.9 Å². The number of carbonyl (C=O) groups is 1. The van der Waals surface area contributed by atoms with Crippen LogP contribution in [-0.2, 0) is 18.4 Å². The van der Waals surface area contributed by atoms with Gasteiger partial charge < -0.3 is 28.8 Å². The largest absolute Gasteiger partial charge is 0.756 e. The second-order valence-electron chi connectivity index (χ2n) is 21.7. The standard InChI is InChI=1S/C67H117N2O6P/c1-6-8-10-12-14-16-18-20-21-22-23-24-25-26-27-28-29-30-31-32-33-34-35-36-37-38-39-40-41-42-43-44-45-46-47-49-51-53-55-57-59-61-67(71)68-65(64-75-76(72,73)74-63-62-69(3,4)5)66(70)60-58-56-54-52-50-48-19-17-15-13-11-9-7-2/h8,10,14,16,20-21,23-24,26-27,29-30,32-33,35-36,38-39,58,60,65-66,70H,6-7,9,11-13,15,17-19,22,25,28,31,34,37,40-57,59,61-64H2,1-5H3,(H-,68,71,72,73)/b10-8-,16-14-,21-20-,24-23-,27-26-,30-29-,33-32-,36-35-,39-38-,60-58+. The number of nitrogens with zero attached hydrogens (tertiary/aromatic N) is 1. The number of nitrogens with one attached hydrogen (secondary N) is 1. The smallest absolute Gasteiger partial charge is 0.268 e. The van der Waals surface area contributed by atoms with Crippen LogP contribution in [-0.4, -0.2) is 68.5 Å². The first-order valence-electron chi connectivity index (χ1n) is 30.9. The van der Waals surface area contributed by atoms with Crippen molar-refractivity contribution in [3.05, 3.63) is 122 Å². The third-order valence-electron chi connectivity index (χ3n) is 13.2. The van der Waals surface area contributed by atoms with Crippen molar-refractivity contribution in [2.75, 3.05) is 40.9 Å². The Morgan fingerprint density at radius 3 is 1.17 bits per heavy atom. The molecule has 0 rings (SSSR count). The lowest BCUT2D eigenvalue weighted by Gasteiger charge is -2.29. The van der Waals surface area contributed by atoms with Crippen molar-refractivity contribution in [1.29, 1.82) is 0 Å². The molecule has 2 N–H and O–H groups in total. The minimum Gasteiger partial charge on any atom is -0.756 e. The van der Waals surface area contributed by atoms with Crippen molar-refractivity contribution in [2.45, 2.75) is 257 Å². The van der Waals surface area contributed by atoms with E-state index in [4.69, 9.17) is 9.05 Å². The van der Waals surface area contributed by atoms with Crippen LogP contribution in [0.3, 0.4) is 0 Å². The van der Waals surface area contributed by atoms with Crippen molar-refractivity contribution in [2.24, 2.45) is 0 Å². The normalized spacial score (nSPS) is 14.7. The molecule has 8 nitrogen and oxygen atoms in total. The molecule has 0 aromatic rings. The fourth-order valence-electron chi connectivity index (χ4n) is 8.38. The number of amides is 1. The highest BCUT2D eigenvalue weighted by Crippen LogP contribution is 2.38. The Labute approximate surface area is 469 Å². The first-order valence-corrected chi connectivity index (χ1v) is 32.4. The minimum absolute atomic E-state index is 0.00531. The van der Waals surface area contributed by atoms with E-state index >= 15 is 0 Å². The number of quaternary nitrogens is 1. The van der Waals surface area contributed by atoms with Gasteiger partial charge in [-0.05, 0) is 89.9 Å². The third-order valence-corrected chi connectivity index (χ3v) is 14.1. The summed E-state index contributed by atoms with van der Waals surface area (Å²) in [5.41, 5.74) is 0. The van der Waals surface area contributed by atoms with Gasteiger partial charge in [0.2, 0.25) is 5.91 Å². The molecule has 76 heavy (non-hydrogen) atoms. The molecule has 0 aromatic carbocycles. The van der Waals surface area contributed by atoms with Gasteiger partial charge in [0.25, 0.3) is 7.82 Å². The molecule has 0 aliphatic rings. The molecule has 0 bridgehead atoms. The average Bonchev–Trinajstić information content (AvgIpc) is 3.38. The average molecular weight is 1080 g/mol. The second-order valence-corrected chi connectivity index (χ2v) is 23.1. The van der Waals surface area contributed by atoms with E-state index in [9.17, 15) is 19.4 Å². The quantitative estimate of drug-likeness (QED) is 0.0272. The van der Waals surface area contributed by atoms with E-state index < -0.39 is 20.0 Å². The van der Waals surface area contributed by atoms with Gasteiger partial charge in [-0.1, -0.05) is 270 Å². The van der Waals surface area contributed by atoms with Crippen LogP contribution in [0.25, 0.3) is 0 Å². The number of rotatable bonds is 55. The fourth-order valence-corrected chi connectivity index (χ4v) is 9.10. The predicted molar refractivity (Wildman–Crippen MR) is 329 cm³/mol. The summed E-state index contributed by atoms with van der Waals surface area (Å²) in [5.74, 6) is -0.203. The number of carbonyl (C=O) groups excluding carboxylic acids is 1. The monoisotopic (exact) mass is 1080 g/mol. The number of unbranched alkanes of at least 4 members (excludes halogenated alkanes) is 24. The highest BCUT2D eigenvalue weighted by molar-refractivity contribution is 7.45. The molecule has 0 heterocycles. The number of hydrogen-bond donors (Lipinski definition) is 2. The summed E-state index contributed by atoms with van der Waals surface area (Å²) >= 11 is 0. The molecule has 0 spiro atoms. The van der Waals surface area contributed by atoms with Crippen LogP contribution in [0.1, 0.15) is 245 Å². The zero-order valence-electron chi connectivity index (χ0n) is 49.7. The Balaban J connectivity index is 4.02. The van der Waals surface area contributed by atoms with E-state index in [1.165, 1.54) is 128 Å². The molecule has 0 aliphatic heterocycles. The number of aliphatic hydroxyl groups excluding tert-OH is 1. The lowest BCUT2D eigenvalue weighted by atomic mass is 10.0. The van der Waals surface area contributed by atoms with Crippen LogP contribution in [0.15, 0.2) is 122 Å². The first kappa shape index (κ1) is 72.9. The number of phosphoric ester groups is 1. The van der Waals surface area contributed by atoms with E-state index in [2.05, 4.69) is 129 Å². The molecule has 3 atom stereocenters. The van der Waals surface area contributed by atoms with Gasteiger partial charge in [0.1, 0.15) is 13.2 Å². The van der Waals surface area contributed by atoms with Gasteiger partial charge in [-0.2, -0.15) is 0 Å². The Morgan fingerprint density at radius 1 is 0.474 bits per heavy atom. The molecule has 1 amide bonds. The van der Waals surface area contributed by atoms with E-state index in [1.54, 1.807) is 6.08 Å². The summed E-state index contributed by atoms with van der Waals surface area (Å²) < 4.78 is 23.3. The topological polar surface area (TPSA) is 108 Å². The summed E-state index contributed by atoms with van der Waals surface area (Å²) in [7, 11) is 1.25. The van der Waals surface area contributed by atoms with Gasteiger partial charge >= 0.3 is 0 Å². The molecule has 3 unspecified atom stereocenters. The molecule has 0 fully saturated rings. The van der Waals surface area contributed by atoms with Gasteiger partial charge in [-0.3, -0.25) is 9.36 Å². The van der Waals surface area contributed by atoms with Crippen molar-refractivity contribution >= 4 is 13.7 Å². The minimum atomic E-state index is -4.60. The van der Waals surface area contributed by atoms with Gasteiger partial charge in [-0.15, -0.1) is 0 Å². The third kappa shape index (κ3) is 58.6. The lowest BCUT2D eigenvalue weighted by molar-refractivity contribution is -0.870. The zero-order chi connectivity index (χ0) is 55.6. The summed E-state index contributed by atoms with van der Waals surface area (Å²) in [6.07, 6.45) is 84.3. The SMILES string of the molecule is CC/C=C\C/C=C\C/C=C\C/C=C\C/C=C\C/C=C\C/C=C\C/C=C\C/C=C\CCCCCCCCCCCCCCCC(=O)NC(COP(=O)([O-])OCC[N+](C)(C)C)C(O)/C=C/CCCCCCCCCCCCC. The van der Waals surface area contributed by atoms with E-state index in [-0.39, 0.29) is 19.1 Å². The highest BCUT2D eigenvalue weighted by atomic mass is 31.2. The molecular formula is C67H117N2O6P. The van der Waals surface area contributed by atoms with E-state index in [0.717, 1.165) is 96.3 Å². The van der Waals surface area contributed by atoms with Crippen LogP contribution >= 0.6 is 7.82 Å². The predicted octanol–water partition coefficient (Wildman–Crippen LogP) is 18.7. The second kappa shape index (κ2) is 56.6. The maximum atomic E-state index is 13.0. The van der Waals surface area contributed by atoms with Crippen LogP contribution in [0, 0.1) is 0 Å². The molecule has 0 aliphatic carbocycles. The number of hydrogen-bond acceptors (Lipinski definition) is 6. The molecule has 0 radical (unpaired) electrons. The molecular weight excluding hydrogens is 960 g/mol. The maximum Gasteiger partial charge on any atom is 0.268 e. The Bertz CT molecular complexity index is 1650. The van der Waals surface area contributed by atoms with Crippen LogP contribution in [0.4, 0.5) is 0 Å². The van der Waals surface area contributed by atoms with Crippen LogP contribution < -0.4 is 10.2 Å². The Hall–Kier alpha value is -3.10. The molecule has 0 aromatic heterocycles. The maximum absolute atomic E-state index is 13.0. The number of phosphoric acid groups is 1. The van der Waals surface area contributed by atoms with Crippen LogP contribution in [0.2, 0.25) is 0 Å². The molecule has 9 heteroatoms. The summed E-state index contributed by atoms with van der Waals surface area (Å²) in [4.78, 5) is 25.5. The number of aliphatic hydroxyl groups is 1. The van der Waals surface area contributed by atoms with Gasteiger partial charge in [0, 0.05) is 6.42 Å². The molecule has 436 valence electrons. The van der Waals surface area contributed by atoms with Gasteiger partial charge in [0.15, 0.2) is 0 Å². The molecule has 0 saturated heterocycles. The van der Waals surface area contributed by atoms with Gasteiger partial charge in [0.05, 0.1) is 39.9 Å². The van der Waals surface area contributed by atoms with Crippen molar-refractivity contribution in [3.8, 4) is 0 Å². The lowest BCUT2D eigenvalue weighted by Crippen LogP contribution is -2.45. The number of likely N-dealkylation sites (N-methyl/N-ethyl adjacent to an activating group) is 1. The molecule has 0 saturated carbocycles. The van der Waals surface area contributed by atoms with Crippen molar-refractivity contribution in [3.63, 3.8) is 0 Å². The Kier molecular flexibility index (Phi) is 54.3.